The standard InChI is InChI=1S/C22H21FN2O5/c1-3-4-13(2)24-19(26)12-30-22(29)14-5-10-17-18(11-14)21(28)25(20(17)27)16-8-6-15(23)7-9-16/h5-11,13H,3-4,12H2,1-2H3,(H,24,26). The fourth-order valence-corrected chi connectivity index (χ4v) is 3.23. The first-order valence-electron chi connectivity index (χ1n) is 9.56. The molecule has 30 heavy (non-hydrogen) atoms. The molecule has 0 aromatic heterocycles. The first-order chi connectivity index (χ1) is 14.3. The predicted molar refractivity (Wildman–Crippen MR) is 107 cm³/mol. The van der Waals surface area contributed by atoms with E-state index in [0.29, 0.717) is 0 Å². The van der Waals surface area contributed by atoms with Crippen molar-refractivity contribution in [1.29, 1.82) is 0 Å². The fraction of sp³-hybridized carbons (Fsp3) is 0.273. The number of nitrogens with one attached hydrogen (secondary N) is 1. The van der Waals surface area contributed by atoms with Crippen LogP contribution < -0.4 is 10.2 Å². The van der Waals surface area contributed by atoms with Gasteiger partial charge in [-0.3, -0.25) is 14.4 Å². The SMILES string of the molecule is CCCC(C)NC(=O)COC(=O)c1ccc2c(c1)C(=O)N(c1ccc(F)cc1)C2=O. The van der Waals surface area contributed by atoms with E-state index in [2.05, 4.69) is 5.32 Å². The monoisotopic (exact) mass is 412 g/mol. The maximum absolute atomic E-state index is 13.1. The topological polar surface area (TPSA) is 92.8 Å². The number of anilines is 1. The zero-order valence-corrected chi connectivity index (χ0v) is 16.6. The van der Waals surface area contributed by atoms with Crippen LogP contribution in [-0.4, -0.2) is 36.3 Å². The van der Waals surface area contributed by atoms with Crippen LogP contribution in [0, 0.1) is 5.82 Å². The highest BCUT2D eigenvalue weighted by Gasteiger charge is 2.37. The molecular formula is C22H21FN2O5. The summed E-state index contributed by atoms with van der Waals surface area (Å²) in [5.74, 6) is -2.88. The molecule has 0 spiro atoms. The Kier molecular flexibility index (Phi) is 6.25. The number of amides is 3. The van der Waals surface area contributed by atoms with E-state index in [0.717, 1.165) is 29.9 Å². The van der Waals surface area contributed by atoms with Crippen molar-refractivity contribution in [2.45, 2.75) is 32.7 Å². The number of hydrogen-bond acceptors (Lipinski definition) is 5. The normalized spacial score (nSPS) is 13.8. The van der Waals surface area contributed by atoms with Gasteiger partial charge in [-0.2, -0.15) is 0 Å². The van der Waals surface area contributed by atoms with Crippen LogP contribution in [0.2, 0.25) is 0 Å². The number of rotatable bonds is 7. The highest BCUT2D eigenvalue weighted by molar-refractivity contribution is 6.34. The Labute approximate surface area is 172 Å². The van der Waals surface area contributed by atoms with E-state index in [9.17, 15) is 23.6 Å². The summed E-state index contributed by atoms with van der Waals surface area (Å²) in [5.41, 5.74) is 0.446. The van der Waals surface area contributed by atoms with E-state index >= 15 is 0 Å². The number of benzene rings is 2. The molecule has 0 bridgehead atoms. The van der Waals surface area contributed by atoms with Crippen molar-refractivity contribution in [3.8, 4) is 0 Å². The van der Waals surface area contributed by atoms with Gasteiger partial charge in [0.2, 0.25) is 0 Å². The van der Waals surface area contributed by atoms with Crippen molar-refractivity contribution in [3.05, 3.63) is 65.0 Å². The van der Waals surface area contributed by atoms with Crippen LogP contribution in [0.5, 0.6) is 0 Å². The fourth-order valence-electron chi connectivity index (χ4n) is 3.23. The van der Waals surface area contributed by atoms with Gasteiger partial charge in [-0.05, 0) is 55.8 Å². The average molecular weight is 412 g/mol. The number of esters is 1. The van der Waals surface area contributed by atoms with Gasteiger partial charge >= 0.3 is 5.97 Å². The third-order valence-corrected chi connectivity index (χ3v) is 4.67. The zero-order valence-electron chi connectivity index (χ0n) is 16.6. The second-order valence-corrected chi connectivity index (χ2v) is 7.02. The van der Waals surface area contributed by atoms with E-state index in [1.54, 1.807) is 0 Å². The molecule has 0 fully saturated rings. The molecule has 0 saturated carbocycles. The van der Waals surface area contributed by atoms with Gasteiger partial charge in [0.05, 0.1) is 22.4 Å². The van der Waals surface area contributed by atoms with Crippen molar-refractivity contribution in [1.82, 2.24) is 5.32 Å². The molecule has 1 atom stereocenters. The molecular weight excluding hydrogens is 391 g/mol. The van der Waals surface area contributed by atoms with Gasteiger partial charge in [-0.25, -0.2) is 14.1 Å². The van der Waals surface area contributed by atoms with Gasteiger partial charge in [0, 0.05) is 6.04 Å². The molecule has 1 aliphatic heterocycles. The molecule has 8 heteroatoms. The first kappa shape index (κ1) is 21.2. The van der Waals surface area contributed by atoms with Crippen LogP contribution in [-0.2, 0) is 9.53 Å². The molecule has 2 aromatic carbocycles. The van der Waals surface area contributed by atoms with Crippen LogP contribution >= 0.6 is 0 Å². The number of halogens is 1. The third kappa shape index (κ3) is 4.37. The summed E-state index contributed by atoms with van der Waals surface area (Å²) < 4.78 is 18.2. The van der Waals surface area contributed by atoms with Gasteiger partial charge in [0.15, 0.2) is 6.61 Å². The number of carbonyl (C=O) groups excluding carboxylic acids is 4. The number of carbonyl (C=O) groups is 4. The Balaban J connectivity index is 1.71. The Morgan fingerprint density at radius 1 is 1.07 bits per heavy atom. The predicted octanol–water partition coefficient (Wildman–Crippen LogP) is 3.09. The average Bonchev–Trinajstić information content (AvgIpc) is 2.97. The highest BCUT2D eigenvalue weighted by atomic mass is 19.1. The summed E-state index contributed by atoms with van der Waals surface area (Å²) >= 11 is 0. The van der Waals surface area contributed by atoms with Crippen LogP contribution in [0.15, 0.2) is 42.5 Å². The van der Waals surface area contributed by atoms with Crippen LogP contribution in [0.25, 0.3) is 0 Å². The molecule has 7 nitrogen and oxygen atoms in total. The van der Waals surface area contributed by atoms with Gasteiger partial charge in [-0.15, -0.1) is 0 Å². The Hall–Kier alpha value is -3.55. The molecule has 0 radical (unpaired) electrons. The molecule has 3 rings (SSSR count). The highest BCUT2D eigenvalue weighted by Crippen LogP contribution is 2.29. The van der Waals surface area contributed by atoms with Gasteiger partial charge in [-0.1, -0.05) is 13.3 Å². The van der Waals surface area contributed by atoms with Gasteiger partial charge in [0.25, 0.3) is 17.7 Å². The summed E-state index contributed by atoms with van der Waals surface area (Å²) in [6.07, 6.45) is 1.73. The summed E-state index contributed by atoms with van der Waals surface area (Å²) in [4.78, 5) is 50.4. The Morgan fingerprint density at radius 2 is 1.73 bits per heavy atom. The minimum atomic E-state index is -0.781. The lowest BCUT2D eigenvalue weighted by Crippen LogP contribution is -2.35. The Morgan fingerprint density at radius 3 is 2.40 bits per heavy atom. The molecule has 1 N–H and O–H groups in total. The molecule has 3 amide bonds. The van der Waals surface area contributed by atoms with Gasteiger partial charge in [0.1, 0.15) is 5.82 Å². The van der Waals surface area contributed by atoms with E-state index in [-0.39, 0.29) is 28.4 Å². The van der Waals surface area contributed by atoms with Crippen molar-refractivity contribution >= 4 is 29.4 Å². The maximum Gasteiger partial charge on any atom is 0.338 e. The minimum absolute atomic E-state index is 0.0257. The van der Waals surface area contributed by atoms with E-state index < -0.39 is 36.1 Å². The van der Waals surface area contributed by atoms with Gasteiger partial charge < -0.3 is 10.1 Å². The second kappa shape index (κ2) is 8.86. The summed E-state index contributed by atoms with van der Waals surface area (Å²) in [7, 11) is 0. The van der Waals surface area contributed by atoms with Crippen molar-refractivity contribution in [2.24, 2.45) is 0 Å². The molecule has 156 valence electrons. The van der Waals surface area contributed by atoms with E-state index in [1.165, 1.54) is 30.3 Å². The van der Waals surface area contributed by atoms with E-state index in [1.807, 2.05) is 13.8 Å². The lowest BCUT2D eigenvalue weighted by Gasteiger charge is -2.13. The number of hydrogen-bond donors (Lipinski definition) is 1. The molecule has 1 unspecified atom stereocenters. The van der Waals surface area contributed by atoms with Crippen LogP contribution in [0.4, 0.5) is 10.1 Å². The van der Waals surface area contributed by atoms with E-state index in [4.69, 9.17) is 4.74 Å². The van der Waals surface area contributed by atoms with Crippen LogP contribution in [0.1, 0.15) is 57.8 Å². The quantitative estimate of drug-likeness (QED) is 0.557. The number of nitrogens with zero attached hydrogens (tertiary/aromatic N) is 1. The summed E-state index contributed by atoms with van der Waals surface area (Å²) in [6.45, 7) is 3.41. The summed E-state index contributed by atoms with van der Waals surface area (Å²) in [5, 5.41) is 2.72. The smallest absolute Gasteiger partial charge is 0.338 e. The number of imide groups is 1. The zero-order chi connectivity index (χ0) is 21.8. The maximum atomic E-state index is 13.1. The molecule has 2 aromatic rings. The first-order valence-corrected chi connectivity index (χ1v) is 9.56. The molecule has 1 aliphatic rings. The molecule has 0 saturated heterocycles. The lowest BCUT2D eigenvalue weighted by atomic mass is 10.1. The van der Waals surface area contributed by atoms with Crippen molar-refractivity contribution in [3.63, 3.8) is 0 Å². The Bertz CT molecular complexity index is 1000. The van der Waals surface area contributed by atoms with Crippen molar-refractivity contribution < 1.29 is 28.3 Å². The van der Waals surface area contributed by atoms with Crippen molar-refractivity contribution in [2.75, 3.05) is 11.5 Å². The minimum Gasteiger partial charge on any atom is -0.452 e. The molecule has 0 aliphatic carbocycles. The molecule has 1 heterocycles. The largest absolute Gasteiger partial charge is 0.452 e. The third-order valence-electron chi connectivity index (χ3n) is 4.67. The number of ether oxygens (including phenoxy) is 1. The van der Waals surface area contributed by atoms with Crippen LogP contribution in [0.3, 0.4) is 0 Å². The second-order valence-electron chi connectivity index (χ2n) is 7.02. The lowest BCUT2D eigenvalue weighted by molar-refractivity contribution is -0.124. The number of fused-ring (bicyclic) bond motifs is 1. The summed E-state index contributed by atoms with van der Waals surface area (Å²) in [6, 6.07) is 8.90.